The SMILES string of the molecule is CC1CC1(C)Br. The van der Waals surface area contributed by atoms with Crippen molar-refractivity contribution >= 4 is 15.9 Å². The molecule has 0 aliphatic heterocycles. The first-order chi connectivity index (χ1) is 2.63. The summed E-state index contributed by atoms with van der Waals surface area (Å²) in [5.41, 5.74) is 0. The standard InChI is InChI=1S/C5H9Br/c1-4-3-5(4,2)6/h4H,3H2,1-2H3. The van der Waals surface area contributed by atoms with E-state index in [-0.39, 0.29) is 0 Å². The van der Waals surface area contributed by atoms with Crippen molar-refractivity contribution in [1.82, 2.24) is 0 Å². The molecule has 0 bridgehead atoms. The Balaban J connectivity index is 2.41. The number of halogens is 1. The summed E-state index contributed by atoms with van der Waals surface area (Å²) in [6.45, 7) is 4.49. The van der Waals surface area contributed by atoms with Gasteiger partial charge in [-0.1, -0.05) is 22.9 Å². The van der Waals surface area contributed by atoms with Gasteiger partial charge >= 0.3 is 0 Å². The fourth-order valence-corrected chi connectivity index (χ4v) is 1.03. The van der Waals surface area contributed by atoms with Crippen molar-refractivity contribution in [3.05, 3.63) is 0 Å². The molecule has 6 heavy (non-hydrogen) atoms. The van der Waals surface area contributed by atoms with Gasteiger partial charge in [-0.2, -0.15) is 0 Å². The van der Waals surface area contributed by atoms with Crippen LogP contribution in [0.3, 0.4) is 0 Å². The van der Waals surface area contributed by atoms with Crippen LogP contribution >= 0.6 is 15.9 Å². The average Bonchev–Trinajstić information content (AvgIpc) is 1.73. The zero-order valence-corrected chi connectivity index (χ0v) is 5.75. The van der Waals surface area contributed by atoms with Crippen molar-refractivity contribution in [2.75, 3.05) is 0 Å². The van der Waals surface area contributed by atoms with Crippen molar-refractivity contribution in [3.63, 3.8) is 0 Å². The van der Waals surface area contributed by atoms with Crippen LogP contribution in [-0.2, 0) is 0 Å². The predicted octanol–water partition coefficient (Wildman–Crippen LogP) is 2.18. The summed E-state index contributed by atoms with van der Waals surface area (Å²) < 4.78 is 0.521. The number of rotatable bonds is 0. The Morgan fingerprint density at radius 2 is 2.00 bits per heavy atom. The Kier molecular flexibility index (Phi) is 0.773. The lowest BCUT2D eigenvalue weighted by molar-refractivity contribution is 0.891. The molecule has 1 fully saturated rings. The van der Waals surface area contributed by atoms with Crippen LogP contribution in [0.5, 0.6) is 0 Å². The number of hydrogen-bond donors (Lipinski definition) is 0. The van der Waals surface area contributed by atoms with Gasteiger partial charge in [0.2, 0.25) is 0 Å². The fourth-order valence-electron chi connectivity index (χ4n) is 0.540. The monoisotopic (exact) mass is 148 g/mol. The zero-order valence-electron chi connectivity index (χ0n) is 4.16. The summed E-state index contributed by atoms with van der Waals surface area (Å²) in [4.78, 5) is 0. The van der Waals surface area contributed by atoms with Crippen molar-refractivity contribution in [1.29, 1.82) is 0 Å². The zero-order chi connectivity index (χ0) is 4.78. The second kappa shape index (κ2) is 1.00. The minimum absolute atomic E-state index is 0.521. The Morgan fingerprint density at radius 3 is 2.00 bits per heavy atom. The summed E-state index contributed by atoms with van der Waals surface area (Å²) in [5, 5.41) is 0. The van der Waals surface area contributed by atoms with E-state index < -0.39 is 0 Å². The number of hydrogen-bond acceptors (Lipinski definition) is 0. The molecule has 0 spiro atoms. The van der Waals surface area contributed by atoms with Gasteiger partial charge in [-0.05, 0) is 19.3 Å². The first kappa shape index (κ1) is 4.63. The third kappa shape index (κ3) is 0.604. The van der Waals surface area contributed by atoms with Crippen molar-refractivity contribution in [2.45, 2.75) is 24.6 Å². The van der Waals surface area contributed by atoms with Gasteiger partial charge in [0.1, 0.15) is 0 Å². The van der Waals surface area contributed by atoms with E-state index in [2.05, 4.69) is 29.8 Å². The van der Waals surface area contributed by atoms with Gasteiger partial charge in [0, 0.05) is 4.32 Å². The highest BCUT2D eigenvalue weighted by molar-refractivity contribution is 9.10. The Morgan fingerprint density at radius 1 is 1.83 bits per heavy atom. The molecule has 0 nitrogen and oxygen atoms in total. The molecule has 36 valence electrons. The smallest absolute Gasteiger partial charge is 0.0258 e. The maximum Gasteiger partial charge on any atom is 0.0258 e. The molecule has 0 saturated heterocycles. The summed E-state index contributed by atoms with van der Waals surface area (Å²) in [7, 11) is 0. The molecule has 1 aliphatic carbocycles. The van der Waals surface area contributed by atoms with Crippen LogP contribution in [0.2, 0.25) is 0 Å². The molecule has 0 heterocycles. The lowest BCUT2D eigenvalue weighted by atomic mass is 10.4. The maximum atomic E-state index is 3.55. The molecule has 1 heteroatoms. The highest BCUT2D eigenvalue weighted by atomic mass is 79.9. The van der Waals surface area contributed by atoms with Crippen LogP contribution in [0.4, 0.5) is 0 Å². The molecule has 2 unspecified atom stereocenters. The van der Waals surface area contributed by atoms with Crippen LogP contribution in [0.25, 0.3) is 0 Å². The van der Waals surface area contributed by atoms with Gasteiger partial charge in [-0.15, -0.1) is 0 Å². The van der Waals surface area contributed by atoms with E-state index in [0.29, 0.717) is 4.32 Å². The van der Waals surface area contributed by atoms with Crippen LogP contribution in [0.1, 0.15) is 20.3 Å². The minimum Gasteiger partial charge on any atom is -0.0853 e. The molecule has 0 N–H and O–H groups in total. The van der Waals surface area contributed by atoms with E-state index in [4.69, 9.17) is 0 Å². The molecule has 2 atom stereocenters. The summed E-state index contributed by atoms with van der Waals surface area (Å²) in [5.74, 6) is 0.914. The van der Waals surface area contributed by atoms with E-state index >= 15 is 0 Å². The summed E-state index contributed by atoms with van der Waals surface area (Å²) in [6.07, 6.45) is 1.35. The lowest BCUT2D eigenvalue weighted by Crippen LogP contribution is -1.86. The highest BCUT2D eigenvalue weighted by Gasteiger charge is 2.43. The van der Waals surface area contributed by atoms with Gasteiger partial charge in [-0.25, -0.2) is 0 Å². The van der Waals surface area contributed by atoms with Crippen molar-refractivity contribution < 1.29 is 0 Å². The summed E-state index contributed by atoms with van der Waals surface area (Å²) in [6, 6.07) is 0. The maximum absolute atomic E-state index is 3.55. The molecule has 0 aromatic heterocycles. The van der Waals surface area contributed by atoms with E-state index in [1.807, 2.05) is 0 Å². The van der Waals surface area contributed by atoms with E-state index in [1.54, 1.807) is 0 Å². The van der Waals surface area contributed by atoms with Crippen LogP contribution < -0.4 is 0 Å². The van der Waals surface area contributed by atoms with E-state index in [9.17, 15) is 0 Å². The largest absolute Gasteiger partial charge is 0.0853 e. The normalized spacial score (nSPS) is 55.5. The van der Waals surface area contributed by atoms with E-state index in [1.165, 1.54) is 6.42 Å². The first-order valence-electron chi connectivity index (χ1n) is 2.32. The van der Waals surface area contributed by atoms with Gasteiger partial charge in [-0.3, -0.25) is 0 Å². The third-order valence-electron chi connectivity index (χ3n) is 1.57. The number of alkyl halides is 1. The van der Waals surface area contributed by atoms with Crippen LogP contribution in [0.15, 0.2) is 0 Å². The summed E-state index contributed by atoms with van der Waals surface area (Å²) >= 11 is 3.55. The Bertz CT molecular complexity index is 66.3. The minimum atomic E-state index is 0.521. The van der Waals surface area contributed by atoms with Crippen LogP contribution in [-0.4, -0.2) is 4.32 Å². The van der Waals surface area contributed by atoms with Crippen LogP contribution in [0, 0.1) is 5.92 Å². The molecular formula is C5H9Br. The molecular weight excluding hydrogens is 140 g/mol. The molecule has 0 amide bonds. The van der Waals surface area contributed by atoms with Gasteiger partial charge in [0.05, 0.1) is 0 Å². The molecule has 0 radical (unpaired) electrons. The Labute approximate surface area is 47.1 Å². The quantitative estimate of drug-likeness (QED) is 0.463. The third-order valence-corrected chi connectivity index (χ3v) is 2.68. The molecule has 1 saturated carbocycles. The first-order valence-corrected chi connectivity index (χ1v) is 3.11. The molecule has 1 rings (SSSR count). The molecule has 1 aliphatic rings. The second-order valence-corrected chi connectivity index (χ2v) is 4.19. The van der Waals surface area contributed by atoms with Gasteiger partial charge in [0.15, 0.2) is 0 Å². The van der Waals surface area contributed by atoms with Crippen molar-refractivity contribution in [2.24, 2.45) is 5.92 Å². The topological polar surface area (TPSA) is 0 Å². The second-order valence-electron chi connectivity index (χ2n) is 2.38. The van der Waals surface area contributed by atoms with Gasteiger partial charge < -0.3 is 0 Å². The lowest BCUT2D eigenvalue weighted by Gasteiger charge is -1.89. The Hall–Kier alpha value is 0.480. The predicted molar refractivity (Wildman–Crippen MR) is 31.1 cm³/mol. The van der Waals surface area contributed by atoms with E-state index in [0.717, 1.165) is 5.92 Å². The van der Waals surface area contributed by atoms with Crippen molar-refractivity contribution in [3.8, 4) is 0 Å². The average molecular weight is 149 g/mol. The molecule has 0 aromatic rings. The molecule has 0 aromatic carbocycles. The highest BCUT2D eigenvalue weighted by Crippen LogP contribution is 2.49. The van der Waals surface area contributed by atoms with Gasteiger partial charge in [0.25, 0.3) is 0 Å². The fraction of sp³-hybridized carbons (Fsp3) is 1.00.